The van der Waals surface area contributed by atoms with Crippen molar-refractivity contribution in [2.45, 2.75) is 25.8 Å². The molecule has 2 saturated heterocycles. The maximum Gasteiger partial charge on any atom is 0.335 e. The van der Waals surface area contributed by atoms with Crippen LogP contribution in [0.5, 0.6) is 0 Å². The summed E-state index contributed by atoms with van der Waals surface area (Å²) in [5.74, 6) is -0.852. The van der Waals surface area contributed by atoms with E-state index in [2.05, 4.69) is 9.80 Å². The minimum atomic E-state index is -0.852. The molecule has 0 radical (unpaired) electrons. The lowest BCUT2D eigenvalue weighted by Crippen LogP contribution is -2.50. The van der Waals surface area contributed by atoms with Crippen molar-refractivity contribution in [3.05, 3.63) is 29.3 Å². The molecule has 1 atom stereocenters. The van der Waals surface area contributed by atoms with Gasteiger partial charge in [-0.3, -0.25) is 4.90 Å². The minimum Gasteiger partial charge on any atom is -0.478 e. The lowest BCUT2D eigenvalue weighted by Gasteiger charge is -2.39. The van der Waals surface area contributed by atoms with Crippen LogP contribution in [0, 0.1) is 6.92 Å². The average molecular weight is 260 g/mol. The van der Waals surface area contributed by atoms with E-state index in [9.17, 15) is 4.79 Å². The maximum atomic E-state index is 11.0. The van der Waals surface area contributed by atoms with Gasteiger partial charge in [0.1, 0.15) is 0 Å². The molecule has 2 aliphatic rings. The first-order valence-electron chi connectivity index (χ1n) is 6.98. The molecule has 19 heavy (non-hydrogen) atoms. The summed E-state index contributed by atoms with van der Waals surface area (Å²) in [4.78, 5) is 16.0. The molecule has 0 aliphatic carbocycles. The molecule has 0 saturated carbocycles. The Morgan fingerprint density at radius 2 is 2.16 bits per heavy atom. The van der Waals surface area contributed by atoms with Crippen LogP contribution in [-0.4, -0.2) is 48.2 Å². The van der Waals surface area contributed by atoms with Gasteiger partial charge >= 0.3 is 5.97 Å². The van der Waals surface area contributed by atoms with E-state index < -0.39 is 5.97 Å². The second kappa shape index (κ2) is 4.85. The van der Waals surface area contributed by atoms with Gasteiger partial charge < -0.3 is 10.0 Å². The van der Waals surface area contributed by atoms with Crippen molar-refractivity contribution in [2.75, 3.05) is 31.1 Å². The van der Waals surface area contributed by atoms with E-state index in [0.29, 0.717) is 11.6 Å². The zero-order valence-electron chi connectivity index (χ0n) is 11.3. The van der Waals surface area contributed by atoms with Crippen LogP contribution < -0.4 is 4.90 Å². The lowest BCUT2D eigenvalue weighted by atomic mass is 10.1. The number of piperazine rings is 1. The third-order valence-corrected chi connectivity index (χ3v) is 4.37. The highest BCUT2D eigenvalue weighted by atomic mass is 16.4. The fourth-order valence-corrected chi connectivity index (χ4v) is 3.35. The number of carboxylic acid groups (broad SMARTS) is 1. The molecule has 1 N–H and O–H groups in total. The number of carboxylic acids is 1. The van der Waals surface area contributed by atoms with Crippen LogP contribution in [0.4, 0.5) is 5.69 Å². The van der Waals surface area contributed by atoms with Crippen molar-refractivity contribution < 1.29 is 9.90 Å². The van der Waals surface area contributed by atoms with Crippen LogP contribution in [0.15, 0.2) is 18.2 Å². The van der Waals surface area contributed by atoms with E-state index >= 15 is 0 Å². The number of fused-ring (bicyclic) bond motifs is 1. The molecule has 102 valence electrons. The number of rotatable bonds is 2. The summed E-state index contributed by atoms with van der Waals surface area (Å²) in [6.45, 7) is 6.50. The van der Waals surface area contributed by atoms with Gasteiger partial charge in [-0.1, -0.05) is 0 Å². The Balaban J connectivity index is 1.80. The molecule has 2 aliphatic heterocycles. The fraction of sp³-hybridized carbons (Fsp3) is 0.533. The highest BCUT2D eigenvalue weighted by molar-refractivity contribution is 5.88. The van der Waals surface area contributed by atoms with Crippen LogP contribution in [0.1, 0.15) is 28.8 Å². The van der Waals surface area contributed by atoms with Crippen LogP contribution in [0.2, 0.25) is 0 Å². The van der Waals surface area contributed by atoms with E-state index in [1.807, 2.05) is 13.0 Å². The van der Waals surface area contributed by atoms with Crippen molar-refractivity contribution >= 4 is 11.7 Å². The third-order valence-electron chi connectivity index (χ3n) is 4.37. The summed E-state index contributed by atoms with van der Waals surface area (Å²) in [6, 6.07) is 6.14. The molecular weight excluding hydrogens is 240 g/mol. The first-order chi connectivity index (χ1) is 9.15. The minimum absolute atomic E-state index is 0.376. The zero-order valence-corrected chi connectivity index (χ0v) is 11.3. The molecular formula is C15H20N2O2. The van der Waals surface area contributed by atoms with Crippen LogP contribution >= 0.6 is 0 Å². The fourth-order valence-electron chi connectivity index (χ4n) is 3.35. The Kier molecular flexibility index (Phi) is 3.19. The van der Waals surface area contributed by atoms with Crippen LogP contribution in [-0.2, 0) is 0 Å². The van der Waals surface area contributed by atoms with E-state index in [-0.39, 0.29) is 0 Å². The number of aromatic carboxylic acids is 1. The summed E-state index contributed by atoms with van der Waals surface area (Å²) < 4.78 is 0. The number of benzene rings is 1. The van der Waals surface area contributed by atoms with Gasteiger partial charge in [-0.15, -0.1) is 0 Å². The third kappa shape index (κ3) is 2.32. The van der Waals surface area contributed by atoms with Crippen molar-refractivity contribution in [1.29, 1.82) is 0 Å². The van der Waals surface area contributed by atoms with E-state index in [0.717, 1.165) is 25.2 Å². The lowest BCUT2D eigenvalue weighted by molar-refractivity contribution is 0.0697. The van der Waals surface area contributed by atoms with Gasteiger partial charge in [-0.25, -0.2) is 4.79 Å². The van der Waals surface area contributed by atoms with E-state index in [4.69, 9.17) is 5.11 Å². The van der Waals surface area contributed by atoms with Crippen molar-refractivity contribution in [3.63, 3.8) is 0 Å². The zero-order chi connectivity index (χ0) is 13.4. The smallest absolute Gasteiger partial charge is 0.335 e. The Labute approximate surface area is 113 Å². The number of anilines is 1. The quantitative estimate of drug-likeness (QED) is 0.883. The molecule has 1 aromatic carbocycles. The number of nitrogens with zero attached hydrogens (tertiary/aromatic N) is 2. The molecule has 1 unspecified atom stereocenters. The Hall–Kier alpha value is -1.55. The number of carbonyl (C=O) groups is 1. The molecule has 0 aromatic heterocycles. The number of hydrogen-bond acceptors (Lipinski definition) is 3. The van der Waals surface area contributed by atoms with Gasteiger partial charge in [-0.05, 0) is 50.1 Å². The SMILES string of the molecule is Cc1cc(C(=O)O)ccc1N1CCN2CCCC2C1. The normalized spacial score (nSPS) is 23.4. The molecule has 0 spiro atoms. The first kappa shape index (κ1) is 12.5. The molecule has 2 fully saturated rings. The predicted octanol–water partition coefficient (Wildman–Crippen LogP) is 1.98. The predicted molar refractivity (Wildman–Crippen MR) is 74.9 cm³/mol. The Bertz CT molecular complexity index is 501. The van der Waals surface area contributed by atoms with Crippen molar-refractivity contribution in [3.8, 4) is 0 Å². The van der Waals surface area contributed by atoms with Gasteiger partial charge in [0.15, 0.2) is 0 Å². The van der Waals surface area contributed by atoms with Crippen LogP contribution in [0.25, 0.3) is 0 Å². The molecule has 1 aromatic rings. The van der Waals surface area contributed by atoms with E-state index in [1.54, 1.807) is 12.1 Å². The Morgan fingerprint density at radius 3 is 2.89 bits per heavy atom. The van der Waals surface area contributed by atoms with Gasteiger partial charge in [0, 0.05) is 31.4 Å². The van der Waals surface area contributed by atoms with Gasteiger partial charge in [-0.2, -0.15) is 0 Å². The van der Waals surface area contributed by atoms with Crippen molar-refractivity contribution in [1.82, 2.24) is 4.90 Å². The molecule has 2 heterocycles. The van der Waals surface area contributed by atoms with Gasteiger partial charge in [0.25, 0.3) is 0 Å². The summed E-state index contributed by atoms with van der Waals surface area (Å²) in [6.07, 6.45) is 2.61. The summed E-state index contributed by atoms with van der Waals surface area (Å²) in [7, 11) is 0. The van der Waals surface area contributed by atoms with Gasteiger partial charge in [0.05, 0.1) is 5.56 Å². The topological polar surface area (TPSA) is 43.8 Å². The Morgan fingerprint density at radius 1 is 1.32 bits per heavy atom. The second-order valence-electron chi connectivity index (χ2n) is 5.58. The molecule has 0 amide bonds. The summed E-state index contributed by atoms with van der Waals surface area (Å²) in [5, 5.41) is 9.01. The number of aryl methyl sites for hydroxylation is 1. The second-order valence-corrected chi connectivity index (χ2v) is 5.58. The molecule has 3 rings (SSSR count). The molecule has 4 heteroatoms. The number of hydrogen-bond donors (Lipinski definition) is 1. The molecule has 4 nitrogen and oxygen atoms in total. The first-order valence-corrected chi connectivity index (χ1v) is 6.98. The standard InChI is InChI=1S/C15H20N2O2/c1-11-9-12(15(18)19)4-5-14(11)17-8-7-16-6-2-3-13(16)10-17/h4-5,9,13H,2-3,6-8,10H2,1H3,(H,18,19). The summed E-state index contributed by atoms with van der Waals surface area (Å²) >= 11 is 0. The largest absolute Gasteiger partial charge is 0.478 e. The van der Waals surface area contributed by atoms with Crippen LogP contribution in [0.3, 0.4) is 0 Å². The van der Waals surface area contributed by atoms with E-state index in [1.165, 1.54) is 25.1 Å². The highest BCUT2D eigenvalue weighted by Crippen LogP contribution is 2.28. The maximum absolute atomic E-state index is 11.0. The van der Waals surface area contributed by atoms with Gasteiger partial charge in [0.2, 0.25) is 0 Å². The molecule has 0 bridgehead atoms. The monoisotopic (exact) mass is 260 g/mol. The average Bonchev–Trinajstić information content (AvgIpc) is 2.85. The summed E-state index contributed by atoms with van der Waals surface area (Å²) in [5.41, 5.74) is 2.63. The highest BCUT2D eigenvalue weighted by Gasteiger charge is 2.30. The van der Waals surface area contributed by atoms with Crippen molar-refractivity contribution in [2.24, 2.45) is 0 Å².